The number of hydrogen-bond acceptors (Lipinski definition) is 8. The van der Waals surface area contributed by atoms with Gasteiger partial charge in [-0.2, -0.15) is 4.31 Å². The molecule has 46 heavy (non-hydrogen) atoms. The van der Waals surface area contributed by atoms with Gasteiger partial charge in [-0.3, -0.25) is 4.79 Å². The summed E-state index contributed by atoms with van der Waals surface area (Å²) in [6, 6.07) is 23.9. The molecular formula is C34H46N6O5S. The first kappa shape index (κ1) is 34.9. The second-order valence-corrected chi connectivity index (χ2v) is 13.7. The number of alkyl carbamates (subject to hydrolysis) is 1. The molecule has 3 aromatic carbocycles. The van der Waals surface area contributed by atoms with E-state index in [1.165, 1.54) is 7.11 Å². The molecule has 6 N–H and O–H groups in total. The first-order valence-corrected chi connectivity index (χ1v) is 17.1. The van der Waals surface area contributed by atoms with Crippen LogP contribution < -0.4 is 27.0 Å². The van der Waals surface area contributed by atoms with E-state index < -0.39 is 28.1 Å². The number of nitrogens with zero attached hydrogens (tertiary/aromatic N) is 1. The number of carbonyl (C=O) groups is 2. The number of hydrogen-bond donors (Lipinski definition) is 5. The summed E-state index contributed by atoms with van der Waals surface area (Å²) >= 11 is 0. The van der Waals surface area contributed by atoms with Gasteiger partial charge in [0.2, 0.25) is 15.9 Å². The number of amides is 2. The van der Waals surface area contributed by atoms with Crippen LogP contribution in [-0.4, -0.2) is 82.7 Å². The highest BCUT2D eigenvalue weighted by molar-refractivity contribution is 7.89. The van der Waals surface area contributed by atoms with E-state index in [1.807, 2.05) is 60.7 Å². The molecule has 1 fully saturated rings. The summed E-state index contributed by atoms with van der Waals surface area (Å²) in [5, 5.41) is 12.5. The predicted octanol–water partition coefficient (Wildman–Crippen LogP) is 2.91. The van der Waals surface area contributed by atoms with Gasteiger partial charge in [-0.25, -0.2) is 13.2 Å². The number of benzene rings is 3. The van der Waals surface area contributed by atoms with Crippen LogP contribution in [0.3, 0.4) is 0 Å². The molecule has 3 aromatic rings. The molecule has 1 unspecified atom stereocenters. The van der Waals surface area contributed by atoms with Crippen LogP contribution in [0.25, 0.3) is 0 Å². The van der Waals surface area contributed by atoms with Crippen molar-refractivity contribution in [3.63, 3.8) is 0 Å². The average Bonchev–Trinajstić information content (AvgIpc) is 3.51. The molecule has 12 heteroatoms. The lowest BCUT2D eigenvalue weighted by molar-refractivity contribution is -0.123. The Hall–Kier alpha value is -3.97. The van der Waals surface area contributed by atoms with Gasteiger partial charge in [-0.15, -0.1) is 0 Å². The fraction of sp³-hybridized carbons (Fsp3) is 0.412. The molecule has 4 rings (SSSR count). The lowest BCUT2D eigenvalue weighted by atomic mass is 9.84. The summed E-state index contributed by atoms with van der Waals surface area (Å²) in [5.41, 5.74) is 8.05. The highest BCUT2D eigenvalue weighted by atomic mass is 32.2. The Morgan fingerprint density at radius 1 is 0.935 bits per heavy atom. The molecule has 0 spiro atoms. The molecule has 0 saturated carbocycles. The normalized spacial score (nSPS) is 17.3. The molecule has 11 nitrogen and oxygen atoms in total. The zero-order chi connectivity index (χ0) is 33.1. The van der Waals surface area contributed by atoms with Crippen LogP contribution in [-0.2, 0) is 19.6 Å². The van der Waals surface area contributed by atoms with Gasteiger partial charge in [-0.1, -0.05) is 74.5 Å². The minimum absolute atomic E-state index is 0.182. The minimum atomic E-state index is -3.79. The third kappa shape index (κ3) is 9.06. The summed E-state index contributed by atoms with van der Waals surface area (Å²) < 4.78 is 34.1. The quantitative estimate of drug-likeness (QED) is 0.124. The number of methoxy groups -OCH3 is 1. The molecule has 2 amide bonds. The van der Waals surface area contributed by atoms with Gasteiger partial charge >= 0.3 is 6.09 Å². The molecule has 1 heterocycles. The second kappa shape index (κ2) is 16.5. The van der Waals surface area contributed by atoms with Crippen LogP contribution in [0.15, 0.2) is 89.8 Å². The minimum Gasteiger partial charge on any atom is -0.453 e. The Morgan fingerprint density at radius 3 is 2.11 bits per heavy atom. The lowest BCUT2D eigenvalue weighted by Gasteiger charge is -2.32. The number of nitrogen functional groups attached to an aromatic ring is 1. The first-order chi connectivity index (χ1) is 22.1. The number of anilines is 1. The standard InChI is InChI=1S/C34H46N6O5S/c1-24(2)18-21-40(46(43,44)28-16-14-27(35)15-17-28)30-23-36-22-29(30)37-19-20-38-33(41)32(39-34(42)45-3)31(25-10-6-4-7-11-25)26-12-8-5-9-13-26/h4-17,24,29-32,36-37H,18-23,35H2,1-3H3,(H,38,41)(H,39,42)/t29-,30-,32?/m1/s1. The van der Waals surface area contributed by atoms with Crippen molar-refractivity contribution in [3.05, 3.63) is 96.1 Å². The summed E-state index contributed by atoms with van der Waals surface area (Å²) in [4.78, 5) is 26.3. The molecule has 0 aromatic heterocycles. The fourth-order valence-corrected chi connectivity index (χ4v) is 7.41. The maximum absolute atomic E-state index is 13.8. The largest absolute Gasteiger partial charge is 0.453 e. The summed E-state index contributed by atoms with van der Waals surface area (Å²) in [6.07, 6.45) is 0.00491. The second-order valence-electron chi connectivity index (χ2n) is 11.9. The lowest BCUT2D eigenvalue weighted by Crippen LogP contribution is -2.54. The Bertz CT molecular complexity index is 1470. The third-order valence-corrected chi connectivity index (χ3v) is 10.1. The molecule has 0 radical (unpaired) electrons. The zero-order valence-corrected chi connectivity index (χ0v) is 27.5. The van der Waals surface area contributed by atoms with Gasteiger partial charge < -0.3 is 31.7 Å². The number of ether oxygens (including phenoxy) is 1. The van der Waals surface area contributed by atoms with Crippen LogP contribution in [0.2, 0.25) is 0 Å². The van der Waals surface area contributed by atoms with E-state index in [0.29, 0.717) is 44.2 Å². The van der Waals surface area contributed by atoms with Crippen molar-refractivity contribution in [1.29, 1.82) is 0 Å². The van der Waals surface area contributed by atoms with Crippen LogP contribution in [0.4, 0.5) is 10.5 Å². The van der Waals surface area contributed by atoms with E-state index in [0.717, 1.165) is 11.1 Å². The summed E-state index contributed by atoms with van der Waals surface area (Å²) in [5.74, 6) is -0.510. The van der Waals surface area contributed by atoms with Gasteiger partial charge in [0.05, 0.1) is 18.0 Å². The van der Waals surface area contributed by atoms with Gasteiger partial charge in [0, 0.05) is 50.4 Å². The van der Waals surface area contributed by atoms with Gasteiger partial charge in [0.15, 0.2) is 0 Å². The summed E-state index contributed by atoms with van der Waals surface area (Å²) in [6.45, 7) is 6.24. The number of nitrogens with one attached hydrogen (secondary N) is 4. The van der Waals surface area contributed by atoms with Gasteiger partial charge in [0.1, 0.15) is 6.04 Å². The molecule has 248 valence electrons. The monoisotopic (exact) mass is 650 g/mol. The van der Waals surface area contributed by atoms with Crippen molar-refractivity contribution >= 4 is 27.7 Å². The number of nitrogens with two attached hydrogens (primary N) is 1. The molecule has 1 aliphatic rings. The number of carbonyl (C=O) groups excluding carboxylic acids is 2. The smallest absolute Gasteiger partial charge is 0.407 e. The maximum atomic E-state index is 13.8. The van der Waals surface area contributed by atoms with Crippen molar-refractivity contribution in [3.8, 4) is 0 Å². The summed E-state index contributed by atoms with van der Waals surface area (Å²) in [7, 11) is -2.52. The highest BCUT2D eigenvalue weighted by Gasteiger charge is 2.39. The molecular weight excluding hydrogens is 604 g/mol. The Morgan fingerprint density at radius 2 is 1.54 bits per heavy atom. The van der Waals surface area contributed by atoms with E-state index in [2.05, 4.69) is 35.1 Å². The van der Waals surface area contributed by atoms with E-state index in [-0.39, 0.29) is 29.4 Å². The van der Waals surface area contributed by atoms with Crippen LogP contribution in [0.5, 0.6) is 0 Å². The first-order valence-electron chi connectivity index (χ1n) is 15.7. The van der Waals surface area contributed by atoms with Crippen molar-refractivity contribution in [2.24, 2.45) is 5.92 Å². The van der Waals surface area contributed by atoms with Crippen LogP contribution >= 0.6 is 0 Å². The zero-order valence-electron chi connectivity index (χ0n) is 26.7. The van der Waals surface area contributed by atoms with Gasteiger partial charge in [-0.05, 0) is 47.7 Å². The fourth-order valence-electron chi connectivity index (χ4n) is 5.74. The maximum Gasteiger partial charge on any atom is 0.407 e. The SMILES string of the molecule is COC(=O)NC(C(=O)NCCN[C@@H]1CNC[C@H]1N(CCC(C)C)S(=O)(=O)c1ccc(N)cc1)C(c1ccccc1)c1ccccc1. The molecule has 3 atom stereocenters. The van der Waals surface area contributed by atoms with Crippen LogP contribution in [0.1, 0.15) is 37.3 Å². The van der Waals surface area contributed by atoms with E-state index in [9.17, 15) is 18.0 Å². The highest BCUT2D eigenvalue weighted by Crippen LogP contribution is 2.29. The number of sulfonamides is 1. The Kier molecular flexibility index (Phi) is 12.6. The van der Waals surface area contributed by atoms with E-state index in [1.54, 1.807) is 28.6 Å². The molecule has 0 aliphatic carbocycles. The van der Waals surface area contributed by atoms with Crippen molar-refractivity contribution in [2.75, 3.05) is 45.6 Å². The number of rotatable bonds is 15. The predicted molar refractivity (Wildman–Crippen MR) is 180 cm³/mol. The van der Waals surface area contributed by atoms with Crippen LogP contribution in [0, 0.1) is 5.92 Å². The van der Waals surface area contributed by atoms with Crippen molar-refractivity contribution in [1.82, 2.24) is 25.6 Å². The topological polar surface area (TPSA) is 155 Å². The van der Waals surface area contributed by atoms with E-state index in [4.69, 9.17) is 10.5 Å². The third-order valence-electron chi connectivity index (χ3n) is 8.19. The van der Waals surface area contributed by atoms with Gasteiger partial charge in [0.25, 0.3) is 0 Å². The van der Waals surface area contributed by atoms with E-state index >= 15 is 0 Å². The van der Waals surface area contributed by atoms with Crippen molar-refractivity contribution < 1.29 is 22.7 Å². The Labute approximate surface area is 272 Å². The van der Waals surface area contributed by atoms with Crippen molar-refractivity contribution in [2.45, 2.75) is 49.2 Å². The molecule has 1 saturated heterocycles. The Balaban J connectivity index is 1.46. The average molecular weight is 651 g/mol. The molecule has 0 bridgehead atoms. The molecule has 1 aliphatic heterocycles.